The van der Waals surface area contributed by atoms with Gasteiger partial charge in [0.05, 0.1) is 6.10 Å². The number of anilines is 1. The molecule has 0 amide bonds. The number of aromatic nitrogens is 2. The summed E-state index contributed by atoms with van der Waals surface area (Å²) < 4.78 is 33.3. The summed E-state index contributed by atoms with van der Waals surface area (Å²) in [6.45, 7) is 0.141. The van der Waals surface area contributed by atoms with Crippen molar-refractivity contribution in [2.75, 3.05) is 12.4 Å². The third kappa shape index (κ3) is 2.68. The molecule has 0 saturated carbocycles. The van der Waals surface area contributed by atoms with E-state index in [1.165, 1.54) is 13.0 Å². The van der Waals surface area contributed by atoms with Gasteiger partial charge in [0.15, 0.2) is 6.23 Å². The van der Waals surface area contributed by atoms with Crippen molar-refractivity contribution >= 4 is 5.82 Å². The quantitative estimate of drug-likeness (QED) is 0.613. The molecule has 0 aromatic carbocycles. The van der Waals surface area contributed by atoms with Gasteiger partial charge in [-0.3, -0.25) is 4.57 Å². The maximum atomic E-state index is 15.1. The highest BCUT2D eigenvalue weighted by atomic mass is 19.1. The van der Waals surface area contributed by atoms with Gasteiger partial charge < -0.3 is 20.7 Å². The zero-order valence-corrected chi connectivity index (χ0v) is 11.6. The van der Waals surface area contributed by atoms with Crippen molar-refractivity contribution < 1.29 is 23.7 Å². The highest BCUT2D eigenvalue weighted by molar-refractivity contribution is 5.26. The first kappa shape index (κ1) is 16.4. The molecule has 4 N–H and O–H groups in total. The molecule has 1 saturated heterocycles. The molecule has 1 unspecified atom stereocenters. The van der Waals surface area contributed by atoms with E-state index in [1.54, 1.807) is 0 Å². The van der Waals surface area contributed by atoms with Gasteiger partial charge in [-0.05, 0) is 13.0 Å². The lowest BCUT2D eigenvalue weighted by Gasteiger charge is -2.24. The normalized spacial score (nSPS) is 32.3. The molecule has 1 aromatic rings. The molecule has 120 valence electrons. The van der Waals surface area contributed by atoms with Crippen molar-refractivity contribution in [1.29, 1.82) is 0 Å². The second kappa shape index (κ2) is 6.00. The molecular formula is C13H15F2N3O4. The second-order valence-electron chi connectivity index (χ2n) is 4.88. The summed E-state index contributed by atoms with van der Waals surface area (Å²) in [6.07, 6.45) is -5.02. The highest BCUT2D eigenvalue weighted by Crippen LogP contribution is 2.41. The molecule has 9 heteroatoms. The highest BCUT2D eigenvalue weighted by Gasteiger charge is 2.59. The van der Waals surface area contributed by atoms with E-state index in [4.69, 9.17) is 10.5 Å². The fourth-order valence-corrected chi connectivity index (χ4v) is 2.26. The summed E-state index contributed by atoms with van der Waals surface area (Å²) in [5.41, 5.74) is 1.64. The lowest BCUT2D eigenvalue weighted by Crippen LogP contribution is -2.45. The molecule has 1 fully saturated rings. The number of nitrogens with two attached hydrogens (primary N) is 1. The van der Waals surface area contributed by atoms with E-state index in [1.807, 2.05) is 11.8 Å². The number of rotatable bonds is 2. The molecule has 1 aliphatic heterocycles. The third-order valence-electron chi connectivity index (χ3n) is 3.31. The Kier molecular flexibility index (Phi) is 4.46. The van der Waals surface area contributed by atoms with Crippen LogP contribution in [0.3, 0.4) is 0 Å². The Morgan fingerprint density at radius 2 is 2.36 bits per heavy atom. The molecule has 1 aromatic heterocycles. The summed E-state index contributed by atoms with van der Waals surface area (Å²) in [7, 11) is 0. The van der Waals surface area contributed by atoms with Crippen LogP contribution in [0, 0.1) is 11.8 Å². The Morgan fingerprint density at radius 1 is 1.68 bits per heavy atom. The zero-order valence-electron chi connectivity index (χ0n) is 11.6. The summed E-state index contributed by atoms with van der Waals surface area (Å²) in [4.78, 5) is 15.3. The number of aliphatic hydroxyl groups excluding tert-OH is 2. The summed E-state index contributed by atoms with van der Waals surface area (Å²) in [5, 5.41) is 19.6. The second-order valence-corrected chi connectivity index (χ2v) is 4.88. The molecule has 2 rings (SSSR count). The number of alkyl halides is 2. The topological polar surface area (TPSA) is 111 Å². The Morgan fingerprint density at radius 3 is 2.91 bits per heavy atom. The van der Waals surface area contributed by atoms with Crippen LogP contribution in [0.1, 0.15) is 13.2 Å². The van der Waals surface area contributed by atoms with Gasteiger partial charge in [-0.25, -0.2) is 13.6 Å². The monoisotopic (exact) mass is 315 g/mol. The van der Waals surface area contributed by atoms with Gasteiger partial charge in [-0.1, -0.05) is 11.8 Å². The maximum Gasteiger partial charge on any atom is 0.351 e. The lowest BCUT2D eigenvalue weighted by molar-refractivity contribution is -0.0802. The molecule has 2 heterocycles. The van der Waals surface area contributed by atoms with Crippen LogP contribution in [-0.2, 0) is 4.74 Å². The third-order valence-corrected chi connectivity index (χ3v) is 3.31. The lowest BCUT2D eigenvalue weighted by atomic mass is 9.94. The van der Waals surface area contributed by atoms with E-state index in [2.05, 4.69) is 4.98 Å². The van der Waals surface area contributed by atoms with E-state index in [9.17, 15) is 19.4 Å². The molecule has 7 nitrogen and oxygen atoms in total. The van der Waals surface area contributed by atoms with Crippen LogP contribution in [0.4, 0.5) is 14.6 Å². The zero-order chi connectivity index (χ0) is 16.5. The van der Waals surface area contributed by atoms with Crippen LogP contribution < -0.4 is 11.4 Å². The average molecular weight is 315 g/mol. The minimum Gasteiger partial charge on any atom is -0.391 e. The van der Waals surface area contributed by atoms with Crippen molar-refractivity contribution in [3.8, 4) is 11.8 Å². The summed E-state index contributed by atoms with van der Waals surface area (Å²) in [5.74, 6) is 3.74. The number of nitrogen functional groups attached to an aromatic ring is 1. The van der Waals surface area contributed by atoms with Gasteiger partial charge in [0.2, 0.25) is 5.67 Å². The van der Waals surface area contributed by atoms with Gasteiger partial charge in [-0.2, -0.15) is 4.98 Å². The van der Waals surface area contributed by atoms with Crippen LogP contribution in [0.5, 0.6) is 0 Å². The maximum absolute atomic E-state index is 15.1. The SMILES string of the molecule is C[C@H](O)[C@H]1O[C@@H](n2ccc(N)nc2=O)[C@@](F)(C#CCF)C1O. The number of aliphatic hydroxyl groups is 2. The van der Waals surface area contributed by atoms with E-state index < -0.39 is 42.6 Å². The number of nitrogens with zero attached hydrogens (tertiary/aromatic N) is 2. The largest absolute Gasteiger partial charge is 0.391 e. The molecule has 0 radical (unpaired) electrons. The van der Waals surface area contributed by atoms with Crippen LogP contribution in [0.15, 0.2) is 17.1 Å². The van der Waals surface area contributed by atoms with Gasteiger partial charge >= 0.3 is 5.69 Å². The first-order valence-electron chi connectivity index (χ1n) is 6.42. The predicted molar refractivity (Wildman–Crippen MR) is 72.1 cm³/mol. The van der Waals surface area contributed by atoms with Crippen molar-refractivity contribution in [3.05, 3.63) is 22.7 Å². The van der Waals surface area contributed by atoms with Gasteiger partial charge in [0.1, 0.15) is 24.7 Å². The van der Waals surface area contributed by atoms with Gasteiger partial charge in [0.25, 0.3) is 0 Å². The van der Waals surface area contributed by atoms with Crippen LogP contribution in [-0.4, -0.2) is 50.4 Å². The Bertz CT molecular complexity index is 669. The van der Waals surface area contributed by atoms with E-state index >= 15 is 4.39 Å². The molecule has 22 heavy (non-hydrogen) atoms. The molecular weight excluding hydrogens is 300 g/mol. The predicted octanol–water partition coefficient (Wildman–Crippen LogP) is -0.854. The van der Waals surface area contributed by atoms with Crippen molar-refractivity contribution in [2.24, 2.45) is 0 Å². The fourth-order valence-electron chi connectivity index (χ4n) is 2.26. The van der Waals surface area contributed by atoms with Crippen LogP contribution in [0.2, 0.25) is 0 Å². The van der Waals surface area contributed by atoms with Crippen LogP contribution in [0.25, 0.3) is 0 Å². The number of ether oxygens (including phenoxy) is 1. The molecule has 0 bridgehead atoms. The minimum absolute atomic E-state index is 0.0776. The summed E-state index contributed by atoms with van der Waals surface area (Å²) in [6, 6.07) is 1.23. The minimum atomic E-state index is -2.78. The molecule has 5 atom stereocenters. The Balaban J connectivity index is 2.53. The van der Waals surface area contributed by atoms with E-state index in [0.29, 0.717) is 0 Å². The fraction of sp³-hybridized carbons (Fsp3) is 0.538. The van der Waals surface area contributed by atoms with E-state index in [0.717, 1.165) is 10.8 Å². The molecule has 0 spiro atoms. The van der Waals surface area contributed by atoms with Crippen molar-refractivity contribution in [2.45, 2.75) is 37.1 Å². The number of halogens is 2. The molecule has 0 aliphatic carbocycles. The Labute approximate surface area is 124 Å². The van der Waals surface area contributed by atoms with E-state index in [-0.39, 0.29) is 5.82 Å². The van der Waals surface area contributed by atoms with Crippen molar-refractivity contribution in [1.82, 2.24) is 9.55 Å². The Hall–Kier alpha value is -2.02. The smallest absolute Gasteiger partial charge is 0.351 e. The number of hydrogen-bond acceptors (Lipinski definition) is 6. The van der Waals surface area contributed by atoms with Crippen LogP contribution >= 0.6 is 0 Å². The van der Waals surface area contributed by atoms with Crippen molar-refractivity contribution in [3.63, 3.8) is 0 Å². The van der Waals surface area contributed by atoms with Gasteiger partial charge in [-0.15, -0.1) is 0 Å². The molecule has 1 aliphatic rings. The first-order chi connectivity index (χ1) is 10.3. The standard InChI is InChI=1S/C13H15F2N3O4/c1-7(19)9-10(20)13(15,4-2-5-14)11(22-9)18-6-3-8(16)17-12(18)21/h3,6-7,9-11,19-20H,5H2,1H3,(H2,16,17,21)/t7-,9+,10?,11+,13+/m0/s1. The van der Waals surface area contributed by atoms with Gasteiger partial charge in [0, 0.05) is 6.20 Å². The number of hydrogen-bond donors (Lipinski definition) is 3. The average Bonchev–Trinajstić information content (AvgIpc) is 2.70. The summed E-state index contributed by atoms with van der Waals surface area (Å²) >= 11 is 0. The first-order valence-corrected chi connectivity index (χ1v) is 6.42.